The van der Waals surface area contributed by atoms with Gasteiger partial charge in [-0.15, -0.1) is 0 Å². The minimum Gasteiger partial charge on any atom is -0.507 e. The van der Waals surface area contributed by atoms with E-state index in [9.17, 15) is 19.8 Å². The van der Waals surface area contributed by atoms with Crippen molar-refractivity contribution in [3.05, 3.63) is 57.6 Å². The van der Waals surface area contributed by atoms with Gasteiger partial charge in [0.15, 0.2) is 0 Å². The Balaban J connectivity index is 0.000000415. The Morgan fingerprint density at radius 3 is 1.28 bits per heavy atom. The van der Waals surface area contributed by atoms with Gasteiger partial charge in [0, 0.05) is 30.5 Å². The predicted octanol–water partition coefficient (Wildman–Crippen LogP) is 10.8. The van der Waals surface area contributed by atoms with Crippen LogP contribution in [0.2, 0.25) is 0 Å². The molecule has 7 nitrogen and oxygen atoms in total. The number of carbonyl (C=O) groups excluding carboxylic acids is 1. The van der Waals surface area contributed by atoms with Crippen LogP contribution in [0.25, 0.3) is 0 Å². The number of benzene rings is 2. The first kappa shape index (κ1) is 46.1. The molecule has 0 aliphatic carbocycles. The van der Waals surface area contributed by atoms with Gasteiger partial charge in [0.2, 0.25) is 0 Å². The lowest BCUT2D eigenvalue weighted by molar-refractivity contribution is -0.146. The Morgan fingerprint density at radius 1 is 0.660 bits per heavy atom. The summed E-state index contributed by atoms with van der Waals surface area (Å²) in [6.45, 7) is 37.7. The number of phenols is 2. The maximum atomic E-state index is 12.6. The first-order valence-electron chi connectivity index (χ1n) is 19.7. The number of aliphatic carboxylic acids is 1. The lowest BCUT2D eigenvalue weighted by Crippen LogP contribution is -2.61. The summed E-state index contributed by atoms with van der Waals surface area (Å²) in [5.41, 5.74) is 5.18. The van der Waals surface area contributed by atoms with E-state index in [0.29, 0.717) is 43.3 Å². The van der Waals surface area contributed by atoms with E-state index in [1.54, 1.807) is 0 Å². The number of phenolic OH excluding ortho intramolecular Hbond substituents is 2. The second kappa shape index (κ2) is 16.8. The highest BCUT2D eigenvalue weighted by Gasteiger charge is 2.43. The smallest absolute Gasteiger partial charge is 0.306 e. The van der Waals surface area contributed by atoms with Crippen molar-refractivity contribution in [2.45, 2.75) is 189 Å². The SMILES string of the molecule is CC(C)(C)c1cc(CCC(=O)O)cc(C(C)(C)C)c1O.CC1CC(C)(C)N(CCOC(=O)CCc2cc(C(C)(C)C)c(O)c(C(C)(C)C)c2)C(C)(C)C1. The van der Waals surface area contributed by atoms with Gasteiger partial charge in [0.1, 0.15) is 18.1 Å². The molecule has 2 aromatic carbocycles. The van der Waals surface area contributed by atoms with Crippen molar-refractivity contribution in [1.82, 2.24) is 4.90 Å². The molecular weight excluding hydrogens is 663 g/mol. The van der Waals surface area contributed by atoms with E-state index in [-0.39, 0.29) is 45.1 Å². The molecule has 1 aliphatic rings. The maximum absolute atomic E-state index is 12.6. The van der Waals surface area contributed by atoms with E-state index in [1.807, 2.05) is 12.1 Å². The summed E-state index contributed by atoms with van der Waals surface area (Å²) in [6, 6.07) is 7.98. The minimum absolute atomic E-state index is 0.104. The quantitative estimate of drug-likeness (QED) is 0.220. The average Bonchev–Trinajstić information content (AvgIpc) is 2.94. The molecular formula is C46H75NO6. The Bertz CT molecular complexity index is 1480. The van der Waals surface area contributed by atoms with Gasteiger partial charge in [0.05, 0.1) is 0 Å². The first-order valence-corrected chi connectivity index (χ1v) is 19.7. The largest absolute Gasteiger partial charge is 0.507 e. The van der Waals surface area contributed by atoms with Gasteiger partial charge in [-0.3, -0.25) is 14.5 Å². The predicted molar refractivity (Wildman–Crippen MR) is 220 cm³/mol. The van der Waals surface area contributed by atoms with Crippen molar-refractivity contribution in [2.24, 2.45) is 5.92 Å². The third-order valence-corrected chi connectivity index (χ3v) is 10.6. The van der Waals surface area contributed by atoms with Crippen LogP contribution in [0.5, 0.6) is 11.5 Å². The molecule has 1 fully saturated rings. The summed E-state index contributed by atoms with van der Waals surface area (Å²) >= 11 is 0. The summed E-state index contributed by atoms with van der Waals surface area (Å²) in [5.74, 6) is 0.466. The van der Waals surface area contributed by atoms with Crippen molar-refractivity contribution in [2.75, 3.05) is 13.2 Å². The zero-order valence-corrected chi connectivity index (χ0v) is 36.6. The summed E-state index contributed by atoms with van der Waals surface area (Å²) in [7, 11) is 0. The van der Waals surface area contributed by atoms with Crippen molar-refractivity contribution < 1.29 is 29.6 Å². The Hall–Kier alpha value is -3.06. The molecule has 0 radical (unpaired) electrons. The van der Waals surface area contributed by atoms with Crippen LogP contribution < -0.4 is 0 Å². The molecule has 1 heterocycles. The summed E-state index contributed by atoms with van der Waals surface area (Å²) in [5, 5.41) is 30.3. The molecule has 0 atom stereocenters. The monoisotopic (exact) mass is 738 g/mol. The molecule has 53 heavy (non-hydrogen) atoms. The molecule has 0 aromatic heterocycles. The van der Waals surface area contributed by atoms with Gasteiger partial charge in [-0.2, -0.15) is 0 Å². The molecule has 0 bridgehead atoms. The third-order valence-electron chi connectivity index (χ3n) is 10.6. The fourth-order valence-electron chi connectivity index (χ4n) is 8.21. The van der Waals surface area contributed by atoms with E-state index < -0.39 is 5.97 Å². The van der Waals surface area contributed by atoms with Gasteiger partial charge < -0.3 is 20.1 Å². The number of hydrogen-bond acceptors (Lipinski definition) is 6. The average molecular weight is 738 g/mol. The highest BCUT2D eigenvalue weighted by molar-refractivity contribution is 5.70. The van der Waals surface area contributed by atoms with Gasteiger partial charge in [-0.25, -0.2) is 0 Å². The first-order chi connectivity index (χ1) is 23.8. The van der Waals surface area contributed by atoms with Gasteiger partial charge in [0.25, 0.3) is 0 Å². The van der Waals surface area contributed by atoms with Gasteiger partial charge in [-0.05, 0) is 114 Å². The zero-order valence-electron chi connectivity index (χ0n) is 36.6. The Labute approximate surface area is 322 Å². The second-order valence-electron chi connectivity index (χ2n) is 21.0. The molecule has 0 saturated carbocycles. The van der Waals surface area contributed by atoms with E-state index in [0.717, 1.165) is 52.8 Å². The number of carbonyl (C=O) groups is 2. The van der Waals surface area contributed by atoms with E-state index in [1.165, 1.54) is 0 Å². The second-order valence-corrected chi connectivity index (χ2v) is 21.0. The van der Waals surface area contributed by atoms with E-state index in [2.05, 4.69) is 135 Å². The molecule has 2 aromatic rings. The number of ether oxygens (including phenoxy) is 1. The highest BCUT2D eigenvalue weighted by atomic mass is 16.5. The number of aromatic hydroxyl groups is 2. The topological polar surface area (TPSA) is 107 Å². The molecule has 0 unspecified atom stereocenters. The lowest BCUT2D eigenvalue weighted by Gasteiger charge is -2.55. The zero-order chi connectivity index (χ0) is 41.1. The molecule has 0 amide bonds. The fraction of sp³-hybridized carbons (Fsp3) is 0.696. The van der Waals surface area contributed by atoms with Crippen LogP contribution in [-0.4, -0.2) is 56.4 Å². The van der Waals surface area contributed by atoms with Crippen molar-refractivity contribution in [3.8, 4) is 11.5 Å². The van der Waals surface area contributed by atoms with Crippen LogP contribution >= 0.6 is 0 Å². The summed E-state index contributed by atoms with van der Waals surface area (Å²) in [6.07, 6.45) is 3.89. The molecule has 1 saturated heterocycles. The van der Waals surface area contributed by atoms with Crippen molar-refractivity contribution in [1.29, 1.82) is 0 Å². The molecule has 0 spiro atoms. The highest BCUT2D eigenvalue weighted by Crippen LogP contribution is 2.42. The number of esters is 1. The van der Waals surface area contributed by atoms with Crippen LogP contribution in [0.1, 0.15) is 177 Å². The van der Waals surface area contributed by atoms with E-state index in [4.69, 9.17) is 9.84 Å². The van der Waals surface area contributed by atoms with Crippen LogP contribution in [0.3, 0.4) is 0 Å². The summed E-state index contributed by atoms with van der Waals surface area (Å²) in [4.78, 5) is 25.8. The molecule has 7 heteroatoms. The van der Waals surface area contributed by atoms with Crippen LogP contribution in [-0.2, 0) is 48.8 Å². The lowest BCUT2D eigenvalue weighted by atomic mass is 9.74. The third kappa shape index (κ3) is 13.0. The minimum atomic E-state index is -0.798. The van der Waals surface area contributed by atoms with Crippen molar-refractivity contribution in [3.63, 3.8) is 0 Å². The number of likely N-dealkylation sites (tertiary alicyclic amines) is 1. The van der Waals surface area contributed by atoms with Crippen LogP contribution in [0.15, 0.2) is 24.3 Å². The number of piperidine rings is 1. The van der Waals surface area contributed by atoms with Crippen LogP contribution in [0, 0.1) is 5.92 Å². The van der Waals surface area contributed by atoms with Crippen molar-refractivity contribution >= 4 is 11.9 Å². The number of aryl methyl sites for hydroxylation is 2. The van der Waals surface area contributed by atoms with E-state index >= 15 is 0 Å². The molecule has 3 N–H and O–H groups in total. The Morgan fingerprint density at radius 2 is 0.981 bits per heavy atom. The summed E-state index contributed by atoms with van der Waals surface area (Å²) < 4.78 is 5.67. The molecule has 3 rings (SSSR count). The Kier molecular flexibility index (Phi) is 14.6. The number of rotatable bonds is 9. The fourth-order valence-corrected chi connectivity index (χ4v) is 8.21. The number of carboxylic acid groups (broad SMARTS) is 1. The van der Waals surface area contributed by atoms with Crippen LogP contribution in [0.4, 0.5) is 0 Å². The van der Waals surface area contributed by atoms with Gasteiger partial charge >= 0.3 is 11.9 Å². The maximum Gasteiger partial charge on any atom is 0.306 e. The standard InChI is InChI=1S/C29H49NO3.C17H26O3/c1-20-18-28(8,9)30(29(10,11)19-20)14-15-33-24(31)13-12-21-16-22(26(2,3)4)25(32)23(17-21)27(5,6)7;1-16(2,3)12-9-11(7-8-14(18)19)10-13(15(12)20)17(4,5)6/h16-17,20,32H,12-15,18-19H2,1-11H3;9-10,20H,7-8H2,1-6H3,(H,18,19). The molecule has 300 valence electrons. The number of nitrogens with zero attached hydrogens (tertiary/aromatic N) is 1. The molecule has 1 aliphatic heterocycles. The number of hydrogen-bond donors (Lipinski definition) is 3. The van der Waals surface area contributed by atoms with Gasteiger partial charge in [-0.1, -0.05) is 114 Å². The number of carboxylic acids is 1. The normalized spacial score (nSPS) is 16.8.